The van der Waals surface area contributed by atoms with Crippen molar-refractivity contribution in [1.29, 1.82) is 0 Å². The summed E-state index contributed by atoms with van der Waals surface area (Å²) in [5, 5.41) is 13.5. The van der Waals surface area contributed by atoms with Crippen LogP contribution in [0.1, 0.15) is 25.8 Å². The summed E-state index contributed by atoms with van der Waals surface area (Å²) >= 11 is 0. The number of hydrogen-bond acceptors (Lipinski definition) is 2. The van der Waals surface area contributed by atoms with E-state index in [0.29, 0.717) is 6.42 Å². The first kappa shape index (κ1) is 17.8. The highest BCUT2D eigenvalue weighted by Crippen LogP contribution is 2.30. The van der Waals surface area contributed by atoms with Crippen molar-refractivity contribution in [3.05, 3.63) is 29.8 Å². The van der Waals surface area contributed by atoms with Gasteiger partial charge in [-0.05, 0) is 24.1 Å². The van der Waals surface area contributed by atoms with Gasteiger partial charge in [-0.3, -0.25) is 0 Å². The van der Waals surface area contributed by atoms with Gasteiger partial charge in [0.2, 0.25) is 0 Å². The first-order valence-corrected chi connectivity index (χ1v) is 6.62. The van der Waals surface area contributed by atoms with Crippen molar-refractivity contribution in [3.63, 3.8) is 0 Å². The van der Waals surface area contributed by atoms with E-state index in [1.165, 1.54) is 6.07 Å². The number of urea groups is 1. The normalized spacial score (nSPS) is 14.0. The van der Waals surface area contributed by atoms with Crippen LogP contribution in [-0.2, 0) is 11.0 Å². The van der Waals surface area contributed by atoms with Gasteiger partial charge in [0.15, 0.2) is 0 Å². The van der Waals surface area contributed by atoms with Gasteiger partial charge in [-0.15, -0.1) is 0 Å². The van der Waals surface area contributed by atoms with Crippen LogP contribution < -0.4 is 10.6 Å². The Morgan fingerprint density at radius 1 is 1.32 bits per heavy atom. The SMILES string of the molecule is CC[C@H](C)[C@@H](NC(=O)Nc1cccc(C(F)(F)F)c1)C(=O)O. The topological polar surface area (TPSA) is 78.4 Å². The first-order valence-electron chi connectivity index (χ1n) is 6.62. The fourth-order valence-corrected chi connectivity index (χ4v) is 1.76. The molecule has 2 atom stereocenters. The molecule has 0 spiro atoms. The second-order valence-electron chi connectivity index (χ2n) is 4.88. The van der Waals surface area contributed by atoms with Crippen molar-refractivity contribution >= 4 is 17.7 Å². The molecule has 122 valence electrons. The lowest BCUT2D eigenvalue weighted by molar-refractivity contribution is -0.140. The predicted molar refractivity (Wildman–Crippen MR) is 74.5 cm³/mol. The van der Waals surface area contributed by atoms with Crippen molar-refractivity contribution < 1.29 is 27.9 Å². The molecule has 0 saturated carbocycles. The second-order valence-corrected chi connectivity index (χ2v) is 4.88. The van der Waals surface area contributed by atoms with E-state index in [9.17, 15) is 22.8 Å². The minimum atomic E-state index is -4.52. The fraction of sp³-hybridized carbons (Fsp3) is 0.429. The molecule has 0 aliphatic carbocycles. The zero-order valence-electron chi connectivity index (χ0n) is 12.1. The molecule has 5 nitrogen and oxygen atoms in total. The predicted octanol–water partition coefficient (Wildman–Crippen LogP) is 3.33. The molecule has 0 aliphatic rings. The van der Waals surface area contributed by atoms with Crippen LogP contribution in [0, 0.1) is 5.92 Å². The van der Waals surface area contributed by atoms with E-state index in [-0.39, 0.29) is 11.6 Å². The first-order chi connectivity index (χ1) is 10.1. The van der Waals surface area contributed by atoms with Crippen LogP contribution in [0.2, 0.25) is 0 Å². The molecule has 8 heteroatoms. The van der Waals surface area contributed by atoms with E-state index in [4.69, 9.17) is 5.11 Å². The Morgan fingerprint density at radius 3 is 2.45 bits per heavy atom. The van der Waals surface area contributed by atoms with Gasteiger partial charge in [0.05, 0.1) is 5.56 Å². The van der Waals surface area contributed by atoms with E-state index in [0.717, 1.165) is 18.2 Å². The van der Waals surface area contributed by atoms with E-state index in [1.807, 2.05) is 0 Å². The summed E-state index contributed by atoms with van der Waals surface area (Å²) in [6.07, 6.45) is -3.99. The maximum Gasteiger partial charge on any atom is 0.416 e. The number of carbonyl (C=O) groups excluding carboxylic acids is 1. The van der Waals surface area contributed by atoms with Crippen molar-refractivity contribution in [1.82, 2.24) is 5.32 Å². The van der Waals surface area contributed by atoms with Crippen LogP contribution in [0.4, 0.5) is 23.7 Å². The number of carboxylic acids is 1. The lowest BCUT2D eigenvalue weighted by atomic mass is 9.99. The Bertz CT molecular complexity index is 546. The van der Waals surface area contributed by atoms with Gasteiger partial charge in [-0.1, -0.05) is 26.3 Å². The molecular weight excluding hydrogens is 301 g/mol. The summed E-state index contributed by atoms with van der Waals surface area (Å²) in [4.78, 5) is 22.8. The molecule has 0 bridgehead atoms. The molecule has 3 N–H and O–H groups in total. The number of anilines is 1. The number of rotatable bonds is 5. The summed E-state index contributed by atoms with van der Waals surface area (Å²) in [6.45, 7) is 3.43. The number of nitrogens with one attached hydrogen (secondary N) is 2. The molecule has 0 saturated heterocycles. The smallest absolute Gasteiger partial charge is 0.416 e. The molecule has 1 aromatic carbocycles. The van der Waals surface area contributed by atoms with Crippen LogP contribution in [0.25, 0.3) is 0 Å². The van der Waals surface area contributed by atoms with Crippen LogP contribution in [0.5, 0.6) is 0 Å². The van der Waals surface area contributed by atoms with Crippen molar-refractivity contribution in [2.24, 2.45) is 5.92 Å². The molecule has 0 aromatic heterocycles. The van der Waals surface area contributed by atoms with Gasteiger partial charge in [-0.25, -0.2) is 9.59 Å². The lowest BCUT2D eigenvalue weighted by Gasteiger charge is -2.20. The average Bonchev–Trinajstić information content (AvgIpc) is 2.43. The molecule has 0 unspecified atom stereocenters. The summed E-state index contributed by atoms with van der Waals surface area (Å²) in [7, 11) is 0. The number of halogens is 3. The highest BCUT2D eigenvalue weighted by Gasteiger charge is 2.30. The molecule has 2 amide bonds. The summed E-state index contributed by atoms with van der Waals surface area (Å²) < 4.78 is 37.7. The van der Waals surface area contributed by atoms with Gasteiger partial charge >= 0.3 is 18.2 Å². The maximum absolute atomic E-state index is 12.6. The molecule has 0 fully saturated rings. The maximum atomic E-state index is 12.6. The molecular formula is C14H17F3N2O3. The lowest BCUT2D eigenvalue weighted by Crippen LogP contribution is -2.46. The van der Waals surface area contributed by atoms with Gasteiger partial charge in [0.1, 0.15) is 6.04 Å². The highest BCUT2D eigenvalue weighted by atomic mass is 19.4. The van der Waals surface area contributed by atoms with Crippen molar-refractivity contribution in [3.8, 4) is 0 Å². The second kappa shape index (κ2) is 7.15. The average molecular weight is 318 g/mol. The van der Waals surface area contributed by atoms with E-state index >= 15 is 0 Å². The van der Waals surface area contributed by atoms with Crippen molar-refractivity contribution in [2.45, 2.75) is 32.5 Å². The summed E-state index contributed by atoms with van der Waals surface area (Å²) in [5.74, 6) is -1.52. The fourth-order valence-electron chi connectivity index (χ4n) is 1.76. The van der Waals surface area contributed by atoms with Crippen LogP contribution in [0.15, 0.2) is 24.3 Å². The zero-order chi connectivity index (χ0) is 16.9. The Kier molecular flexibility index (Phi) is 5.78. The Hall–Kier alpha value is -2.25. The van der Waals surface area contributed by atoms with Gasteiger partial charge < -0.3 is 15.7 Å². The number of hydrogen-bond donors (Lipinski definition) is 3. The number of amides is 2. The number of carbonyl (C=O) groups is 2. The standard InChI is InChI=1S/C14H17F3N2O3/c1-3-8(2)11(12(20)21)19-13(22)18-10-6-4-5-9(7-10)14(15,16)17/h4-8,11H,3H2,1-2H3,(H,20,21)(H2,18,19,22)/t8-,11+/m0/s1. The minimum absolute atomic E-state index is 0.0689. The molecule has 22 heavy (non-hydrogen) atoms. The third-order valence-electron chi connectivity index (χ3n) is 3.21. The monoisotopic (exact) mass is 318 g/mol. The number of alkyl halides is 3. The van der Waals surface area contributed by atoms with Gasteiger partial charge in [0, 0.05) is 5.69 Å². The van der Waals surface area contributed by atoms with E-state index in [2.05, 4.69) is 10.6 Å². The third-order valence-corrected chi connectivity index (χ3v) is 3.21. The van der Waals surface area contributed by atoms with Crippen molar-refractivity contribution in [2.75, 3.05) is 5.32 Å². The minimum Gasteiger partial charge on any atom is -0.480 e. The van der Waals surface area contributed by atoms with E-state index in [1.54, 1.807) is 13.8 Å². The summed E-state index contributed by atoms with van der Waals surface area (Å²) in [5.41, 5.74) is -0.970. The molecule has 1 rings (SSSR count). The Morgan fingerprint density at radius 2 is 1.95 bits per heavy atom. The van der Waals surface area contributed by atoms with Gasteiger partial charge in [0.25, 0.3) is 0 Å². The van der Waals surface area contributed by atoms with Gasteiger partial charge in [-0.2, -0.15) is 13.2 Å². The molecule has 0 heterocycles. The third kappa shape index (κ3) is 4.94. The number of benzene rings is 1. The number of carboxylic acid groups (broad SMARTS) is 1. The molecule has 0 radical (unpaired) electrons. The number of aliphatic carboxylic acids is 1. The Balaban J connectivity index is 2.78. The summed E-state index contributed by atoms with van der Waals surface area (Å²) in [6, 6.07) is 2.11. The largest absolute Gasteiger partial charge is 0.480 e. The van der Waals surface area contributed by atoms with Crippen LogP contribution in [-0.4, -0.2) is 23.1 Å². The molecule has 1 aromatic rings. The highest BCUT2D eigenvalue weighted by molar-refractivity contribution is 5.92. The van der Waals surface area contributed by atoms with E-state index < -0.39 is 29.8 Å². The Labute approximate surface area is 125 Å². The zero-order valence-corrected chi connectivity index (χ0v) is 12.1. The molecule has 0 aliphatic heterocycles. The quantitative estimate of drug-likeness (QED) is 0.779. The van der Waals surface area contributed by atoms with Crippen LogP contribution in [0.3, 0.4) is 0 Å². The van der Waals surface area contributed by atoms with Crippen LogP contribution >= 0.6 is 0 Å².